The summed E-state index contributed by atoms with van der Waals surface area (Å²) < 4.78 is 0. The fraction of sp³-hybridized carbons (Fsp3) is 0.800. The van der Waals surface area contributed by atoms with Crippen molar-refractivity contribution < 1.29 is 14.9 Å². The Hall–Kier alpha value is -2.13. The van der Waals surface area contributed by atoms with Crippen LogP contribution in [0, 0.1) is 20.2 Å². The first-order chi connectivity index (χ1) is 6.88. The van der Waals surface area contributed by atoms with E-state index in [0.29, 0.717) is 16.4 Å². The Balaban J connectivity index is 4.20. The Morgan fingerprint density at radius 1 is 1.07 bits per heavy atom. The number of nitrogens with zero attached hydrogens (tertiary/aromatic N) is 5. The van der Waals surface area contributed by atoms with Crippen molar-refractivity contribution in [2.24, 2.45) is 0 Å². The Labute approximate surface area is 84.9 Å². The van der Waals surface area contributed by atoms with E-state index >= 15 is 0 Å². The Kier molecular flexibility index (Phi) is 4.78. The molecular formula is C5H11N5O5. The van der Waals surface area contributed by atoms with Crippen LogP contribution in [0.4, 0.5) is 0 Å². The molecule has 0 aliphatic rings. The van der Waals surface area contributed by atoms with Gasteiger partial charge in [0.1, 0.15) is 0 Å². The molecule has 0 aliphatic carbocycles. The lowest BCUT2D eigenvalue weighted by atomic mass is 10.7. The number of nitro groups is 2. The van der Waals surface area contributed by atoms with Crippen molar-refractivity contribution in [1.29, 1.82) is 0 Å². The minimum Gasteiger partial charge on any atom is -0.299 e. The molecule has 0 atom stereocenters. The van der Waals surface area contributed by atoms with Gasteiger partial charge < -0.3 is 0 Å². The lowest BCUT2D eigenvalue weighted by molar-refractivity contribution is -0.662. The Morgan fingerprint density at radius 3 is 1.60 bits per heavy atom. The summed E-state index contributed by atoms with van der Waals surface area (Å²) >= 11 is 0. The molecule has 86 valence electrons. The van der Waals surface area contributed by atoms with Crippen molar-refractivity contribution >= 4 is 6.41 Å². The van der Waals surface area contributed by atoms with Crippen molar-refractivity contribution in [3.8, 4) is 0 Å². The summed E-state index contributed by atoms with van der Waals surface area (Å²) in [5.41, 5.74) is 0. The maximum absolute atomic E-state index is 10.4. The van der Waals surface area contributed by atoms with Gasteiger partial charge in [-0.25, -0.2) is 20.2 Å². The predicted molar refractivity (Wildman–Crippen MR) is 47.2 cm³/mol. The minimum atomic E-state index is -0.720. The summed E-state index contributed by atoms with van der Waals surface area (Å²) in [6.07, 6.45) is 0.306. The molecule has 0 aromatic rings. The zero-order valence-corrected chi connectivity index (χ0v) is 8.27. The third kappa shape index (κ3) is 4.59. The second-order valence-corrected chi connectivity index (χ2v) is 2.77. The topological polar surface area (TPSA) is 113 Å². The summed E-state index contributed by atoms with van der Waals surface area (Å²) in [6, 6.07) is 0. The summed E-state index contributed by atoms with van der Waals surface area (Å²) in [6.45, 7) is -0.649. The molecule has 15 heavy (non-hydrogen) atoms. The van der Waals surface area contributed by atoms with Gasteiger partial charge in [-0.3, -0.25) is 9.69 Å². The normalized spacial score (nSPS) is 9.20. The molecule has 10 nitrogen and oxygen atoms in total. The molecule has 1 amide bonds. The molecule has 0 aromatic carbocycles. The average molecular weight is 221 g/mol. The lowest BCUT2D eigenvalue weighted by Crippen LogP contribution is -2.44. The number of carbonyl (C=O) groups is 1. The third-order valence-electron chi connectivity index (χ3n) is 1.48. The first-order valence-corrected chi connectivity index (χ1v) is 3.78. The lowest BCUT2D eigenvalue weighted by Gasteiger charge is -2.20. The molecule has 0 saturated carbocycles. The monoisotopic (exact) mass is 221 g/mol. The van der Waals surface area contributed by atoms with Gasteiger partial charge >= 0.3 is 0 Å². The van der Waals surface area contributed by atoms with Crippen molar-refractivity contribution in [2.75, 3.05) is 27.4 Å². The molecule has 0 aliphatic heterocycles. The van der Waals surface area contributed by atoms with Gasteiger partial charge in [-0.05, 0) is 0 Å². The highest BCUT2D eigenvalue weighted by molar-refractivity contribution is 5.46. The van der Waals surface area contributed by atoms with Crippen LogP contribution in [0.15, 0.2) is 0 Å². The van der Waals surface area contributed by atoms with Crippen LogP contribution in [0.2, 0.25) is 0 Å². The molecule has 0 unspecified atom stereocenters. The van der Waals surface area contributed by atoms with Gasteiger partial charge in [0.2, 0.25) is 6.41 Å². The fourth-order valence-corrected chi connectivity index (χ4v) is 0.740. The van der Waals surface area contributed by atoms with Crippen molar-refractivity contribution in [3.63, 3.8) is 0 Å². The number of rotatable bonds is 7. The fourth-order valence-electron chi connectivity index (χ4n) is 0.740. The second-order valence-electron chi connectivity index (χ2n) is 2.77. The number of amides is 1. The molecule has 10 heteroatoms. The molecule has 0 N–H and O–H groups in total. The van der Waals surface area contributed by atoms with E-state index in [-0.39, 0.29) is 13.3 Å². The highest BCUT2D eigenvalue weighted by Gasteiger charge is 2.17. The van der Waals surface area contributed by atoms with E-state index in [1.807, 2.05) is 0 Å². The summed E-state index contributed by atoms with van der Waals surface area (Å²) in [4.78, 5) is 31.8. The van der Waals surface area contributed by atoms with E-state index in [1.54, 1.807) is 0 Å². The van der Waals surface area contributed by atoms with Gasteiger partial charge in [-0.15, -0.1) is 10.0 Å². The standard InChI is InChI=1S/C5H11N5O5/c1-6(9(12)13)3-8(5-11)4-7(2)10(14)15/h5H,3-4H2,1-2H3. The van der Waals surface area contributed by atoms with Gasteiger partial charge in [-0.2, -0.15) is 0 Å². The van der Waals surface area contributed by atoms with Crippen LogP contribution in [-0.4, -0.2) is 58.8 Å². The number of carbonyl (C=O) groups excluding carboxylic acids is 1. The zero-order chi connectivity index (χ0) is 12.0. The van der Waals surface area contributed by atoms with Crippen LogP contribution >= 0.6 is 0 Å². The summed E-state index contributed by atoms with van der Waals surface area (Å²) in [5.74, 6) is 0. The summed E-state index contributed by atoms with van der Waals surface area (Å²) in [5, 5.41) is 20.3. The molecule has 0 spiro atoms. The van der Waals surface area contributed by atoms with Crippen LogP contribution in [0.3, 0.4) is 0 Å². The van der Waals surface area contributed by atoms with E-state index in [2.05, 4.69) is 0 Å². The number of hydrogen-bond donors (Lipinski definition) is 0. The smallest absolute Gasteiger partial charge is 0.212 e. The quantitative estimate of drug-likeness (QED) is 0.225. The number of hydrazine groups is 2. The third-order valence-corrected chi connectivity index (χ3v) is 1.48. The number of hydrogen-bond acceptors (Lipinski definition) is 5. The summed E-state index contributed by atoms with van der Waals surface area (Å²) in [7, 11) is 2.31. The maximum atomic E-state index is 10.4. The molecule has 0 bridgehead atoms. The van der Waals surface area contributed by atoms with Crippen LogP contribution in [0.1, 0.15) is 0 Å². The first kappa shape index (κ1) is 12.9. The molecule has 0 rings (SSSR count). The van der Waals surface area contributed by atoms with Crippen LogP contribution in [0.25, 0.3) is 0 Å². The highest BCUT2D eigenvalue weighted by atomic mass is 16.7. The molecular weight excluding hydrogens is 210 g/mol. The maximum Gasteiger partial charge on any atom is 0.212 e. The molecule has 0 fully saturated rings. The molecule has 0 aromatic heterocycles. The van der Waals surface area contributed by atoms with E-state index in [0.717, 1.165) is 19.0 Å². The molecule has 0 heterocycles. The second kappa shape index (κ2) is 5.57. The molecule has 0 saturated heterocycles. The SMILES string of the molecule is CN(CN(C=O)CN(C)[N+](=O)[O-])[N+](=O)[O-]. The van der Waals surface area contributed by atoms with Gasteiger partial charge in [0.15, 0.2) is 23.4 Å². The zero-order valence-electron chi connectivity index (χ0n) is 8.27. The highest BCUT2D eigenvalue weighted by Crippen LogP contribution is 1.92. The van der Waals surface area contributed by atoms with Crippen LogP contribution < -0.4 is 0 Å². The van der Waals surface area contributed by atoms with E-state index < -0.39 is 10.1 Å². The van der Waals surface area contributed by atoms with Gasteiger partial charge in [0.05, 0.1) is 14.1 Å². The van der Waals surface area contributed by atoms with E-state index in [9.17, 15) is 25.0 Å². The van der Waals surface area contributed by atoms with Gasteiger partial charge in [0, 0.05) is 0 Å². The molecule has 0 radical (unpaired) electrons. The average Bonchev–Trinajstić information content (AvgIpc) is 2.15. The minimum absolute atomic E-state index is 0.306. The predicted octanol–water partition coefficient (Wildman–Crippen LogP) is -1.39. The van der Waals surface area contributed by atoms with Gasteiger partial charge in [-0.1, -0.05) is 0 Å². The van der Waals surface area contributed by atoms with E-state index in [4.69, 9.17) is 0 Å². The first-order valence-electron chi connectivity index (χ1n) is 3.78. The van der Waals surface area contributed by atoms with Crippen molar-refractivity contribution in [2.45, 2.75) is 0 Å². The largest absolute Gasteiger partial charge is 0.299 e. The van der Waals surface area contributed by atoms with Crippen molar-refractivity contribution in [3.05, 3.63) is 20.2 Å². The van der Waals surface area contributed by atoms with Crippen LogP contribution in [0.5, 0.6) is 0 Å². The Morgan fingerprint density at radius 2 is 1.40 bits per heavy atom. The Bertz CT molecular complexity index is 236. The van der Waals surface area contributed by atoms with Gasteiger partial charge in [0.25, 0.3) is 0 Å². The van der Waals surface area contributed by atoms with E-state index in [1.165, 1.54) is 0 Å². The van der Waals surface area contributed by atoms with Crippen LogP contribution in [-0.2, 0) is 4.79 Å². The van der Waals surface area contributed by atoms with Crippen molar-refractivity contribution in [1.82, 2.24) is 14.9 Å².